The van der Waals surface area contributed by atoms with Crippen LogP contribution in [0, 0.1) is 13.8 Å². The van der Waals surface area contributed by atoms with Crippen LogP contribution in [0.25, 0.3) is 10.2 Å². The molecular formula is C29H30N6O4S. The number of nitrogens with one attached hydrogen (secondary N) is 1. The van der Waals surface area contributed by atoms with Crippen molar-refractivity contribution in [2.24, 2.45) is 0 Å². The molecule has 1 aromatic carbocycles. The molecule has 1 atom stereocenters. The summed E-state index contributed by atoms with van der Waals surface area (Å²) in [7, 11) is 0. The Labute approximate surface area is 235 Å². The number of hydrogen-bond donors (Lipinski definition) is 2. The molecule has 1 unspecified atom stereocenters. The van der Waals surface area contributed by atoms with Gasteiger partial charge in [0, 0.05) is 35.4 Å². The van der Waals surface area contributed by atoms with Crippen molar-refractivity contribution in [1.29, 1.82) is 0 Å². The number of pyridine rings is 1. The Morgan fingerprint density at radius 3 is 2.92 bits per heavy atom. The van der Waals surface area contributed by atoms with Gasteiger partial charge in [-0.05, 0) is 61.7 Å². The number of fused-ring (bicyclic) bond motifs is 3. The lowest BCUT2D eigenvalue weighted by molar-refractivity contribution is -0.127. The first-order valence-electron chi connectivity index (χ1n) is 13.2. The number of ether oxygens (including phenoxy) is 1. The molecule has 4 aromatic rings. The van der Waals surface area contributed by atoms with Crippen LogP contribution >= 0.6 is 11.3 Å². The monoisotopic (exact) mass is 558 g/mol. The number of hydroxylamine groups is 2. The number of aliphatic hydroxyl groups is 1. The van der Waals surface area contributed by atoms with Gasteiger partial charge in [0.2, 0.25) is 5.91 Å². The molecule has 2 aliphatic heterocycles. The number of aryl methyl sites for hydroxylation is 2. The third-order valence-corrected chi connectivity index (χ3v) is 8.06. The SMILES string of the molecule is Cc1ccc(Oc2ccc(Nc3ncnc4sc5c(c34)CCN(C(=O)/C=C/CN3CC(O)CO3)C5)cc2C)cn1. The van der Waals surface area contributed by atoms with Gasteiger partial charge in [0.25, 0.3) is 0 Å². The molecule has 0 radical (unpaired) electrons. The third-order valence-electron chi connectivity index (χ3n) is 6.93. The Hall–Kier alpha value is -3.90. The predicted molar refractivity (Wildman–Crippen MR) is 153 cm³/mol. The van der Waals surface area contributed by atoms with Crippen LogP contribution in [0.4, 0.5) is 11.5 Å². The number of amides is 1. The maximum absolute atomic E-state index is 12.8. The first-order valence-corrected chi connectivity index (χ1v) is 14.0. The quantitative estimate of drug-likeness (QED) is 0.321. The normalized spacial score (nSPS) is 17.5. The number of anilines is 2. The van der Waals surface area contributed by atoms with Crippen molar-refractivity contribution in [3.63, 3.8) is 0 Å². The lowest BCUT2D eigenvalue weighted by atomic mass is 10.0. The molecule has 1 amide bonds. The van der Waals surface area contributed by atoms with Gasteiger partial charge >= 0.3 is 0 Å². The van der Waals surface area contributed by atoms with Crippen molar-refractivity contribution in [3.05, 3.63) is 76.7 Å². The number of aliphatic hydroxyl groups excluding tert-OH is 1. The highest BCUT2D eigenvalue weighted by molar-refractivity contribution is 7.19. The summed E-state index contributed by atoms with van der Waals surface area (Å²) in [4.78, 5) is 35.5. The van der Waals surface area contributed by atoms with Crippen molar-refractivity contribution >= 4 is 39.0 Å². The molecule has 6 rings (SSSR count). The molecule has 1 fully saturated rings. The molecule has 10 nitrogen and oxygen atoms in total. The maximum atomic E-state index is 12.8. The van der Waals surface area contributed by atoms with Crippen LogP contribution in [0.15, 0.2) is 55.0 Å². The molecule has 2 N–H and O–H groups in total. The summed E-state index contributed by atoms with van der Waals surface area (Å²) < 4.78 is 6.02. The van der Waals surface area contributed by atoms with Gasteiger partial charge < -0.3 is 20.1 Å². The van der Waals surface area contributed by atoms with Crippen LogP contribution < -0.4 is 10.1 Å². The highest BCUT2D eigenvalue weighted by Gasteiger charge is 2.26. The van der Waals surface area contributed by atoms with Crippen molar-refractivity contribution in [2.75, 3.05) is 31.6 Å². The van der Waals surface area contributed by atoms with Gasteiger partial charge in [0.1, 0.15) is 28.5 Å². The van der Waals surface area contributed by atoms with E-state index in [4.69, 9.17) is 9.57 Å². The average molecular weight is 559 g/mol. The largest absolute Gasteiger partial charge is 0.455 e. The van der Waals surface area contributed by atoms with E-state index in [1.165, 1.54) is 5.56 Å². The lowest BCUT2D eigenvalue weighted by Crippen LogP contribution is -2.34. The Kier molecular flexibility index (Phi) is 7.44. The van der Waals surface area contributed by atoms with E-state index in [0.29, 0.717) is 38.5 Å². The smallest absolute Gasteiger partial charge is 0.246 e. The number of hydrogen-bond acceptors (Lipinski definition) is 10. The standard InChI is InChI=1S/C29H30N6O4S/c1-18-12-20(6-8-24(18)39-22-7-5-19(2)30-13-22)33-28-27-23-9-11-34(15-25(23)40-29(27)32-17-31-28)26(37)4-3-10-35-14-21(36)16-38-35/h3-8,12-13,17,21,36H,9-11,14-16H2,1-2H3,(H,31,32,33)/b4-3+. The van der Waals surface area contributed by atoms with Crippen LogP contribution in [0.2, 0.25) is 0 Å². The van der Waals surface area contributed by atoms with Gasteiger partial charge in [-0.15, -0.1) is 11.3 Å². The topological polar surface area (TPSA) is 113 Å². The predicted octanol–water partition coefficient (Wildman–Crippen LogP) is 4.29. The zero-order chi connectivity index (χ0) is 27.6. The first-order chi connectivity index (χ1) is 19.4. The molecule has 1 saturated heterocycles. The number of aromatic nitrogens is 3. The second-order valence-corrected chi connectivity index (χ2v) is 11.0. The fraction of sp³-hybridized carbons (Fsp3) is 0.310. The summed E-state index contributed by atoms with van der Waals surface area (Å²) in [6, 6.07) is 9.77. The van der Waals surface area contributed by atoms with Crippen molar-refractivity contribution in [2.45, 2.75) is 32.9 Å². The fourth-order valence-corrected chi connectivity index (χ4v) is 6.07. The van der Waals surface area contributed by atoms with E-state index in [1.807, 2.05) is 49.1 Å². The second-order valence-electron chi connectivity index (χ2n) is 9.96. The summed E-state index contributed by atoms with van der Waals surface area (Å²) in [5.41, 5.74) is 4.02. The number of nitrogens with zero attached hydrogens (tertiary/aromatic N) is 5. The van der Waals surface area contributed by atoms with E-state index in [1.54, 1.807) is 41.1 Å². The maximum Gasteiger partial charge on any atom is 0.246 e. The van der Waals surface area contributed by atoms with Crippen LogP contribution in [0.1, 0.15) is 21.7 Å². The Bertz CT molecular complexity index is 1570. The van der Waals surface area contributed by atoms with Gasteiger partial charge in [0.15, 0.2) is 0 Å². The second kappa shape index (κ2) is 11.3. The molecule has 11 heteroatoms. The van der Waals surface area contributed by atoms with Gasteiger partial charge in [-0.1, -0.05) is 6.08 Å². The van der Waals surface area contributed by atoms with Crippen molar-refractivity contribution in [1.82, 2.24) is 24.9 Å². The van der Waals surface area contributed by atoms with Crippen LogP contribution in [0.3, 0.4) is 0 Å². The molecule has 0 aliphatic carbocycles. The minimum absolute atomic E-state index is 0.0357. The molecule has 2 aliphatic rings. The molecule has 3 aromatic heterocycles. The van der Waals surface area contributed by atoms with Gasteiger partial charge in [-0.2, -0.15) is 5.06 Å². The van der Waals surface area contributed by atoms with Gasteiger partial charge in [-0.3, -0.25) is 14.6 Å². The highest BCUT2D eigenvalue weighted by Crippen LogP contribution is 2.38. The van der Waals surface area contributed by atoms with Crippen molar-refractivity contribution in [3.8, 4) is 11.5 Å². The summed E-state index contributed by atoms with van der Waals surface area (Å²) in [5.74, 6) is 2.18. The molecular weight excluding hydrogens is 528 g/mol. The molecule has 0 bridgehead atoms. The zero-order valence-electron chi connectivity index (χ0n) is 22.3. The number of carbonyl (C=O) groups is 1. The summed E-state index contributed by atoms with van der Waals surface area (Å²) in [5, 5.41) is 15.7. The Morgan fingerprint density at radius 2 is 2.15 bits per heavy atom. The number of carbonyl (C=O) groups excluding carboxylic acids is 1. The fourth-order valence-electron chi connectivity index (χ4n) is 4.87. The zero-order valence-corrected chi connectivity index (χ0v) is 23.1. The number of thiophene rings is 1. The van der Waals surface area contributed by atoms with Crippen LogP contribution in [-0.2, 0) is 22.6 Å². The van der Waals surface area contributed by atoms with Crippen LogP contribution in [0.5, 0.6) is 11.5 Å². The summed E-state index contributed by atoms with van der Waals surface area (Å²) in [6.45, 7) is 6.32. The van der Waals surface area contributed by atoms with E-state index < -0.39 is 6.10 Å². The molecule has 206 valence electrons. The molecule has 40 heavy (non-hydrogen) atoms. The Balaban J connectivity index is 1.15. The molecule has 0 saturated carbocycles. The van der Waals surface area contributed by atoms with E-state index in [0.717, 1.165) is 50.0 Å². The summed E-state index contributed by atoms with van der Waals surface area (Å²) in [6.07, 6.45) is 6.92. The first kappa shape index (κ1) is 26.3. The summed E-state index contributed by atoms with van der Waals surface area (Å²) >= 11 is 1.61. The van der Waals surface area contributed by atoms with Crippen molar-refractivity contribution < 1.29 is 19.5 Å². The number of benzene rings is 1. The number of β-amino-alcohol motifs (C(OH)–C–C–N with tert-alkyl or cyclic N) is 1. The van der Waals surface area contributed by atoms with E-state index >= 15 is 0 Å². The minimum Gasteiger partial charge on any atom is -0.455 e. The number of rotatable bonds is 7. The minimum atomic E-state index is -0.473. The lowest BCUT2D eigenvalue weighted by Gasteiger charge is -2.26. The van der Waals surface area contributed by atoms with E-state index in [9.17, 15) is 9.90 Å². The highest BCUT2D eigenvalue weighted by atomic mass is 32.1. The van der Waals surface area contributed by atoms with Gasteiger partial charge in [0.05, 0.1) is 37.4 Å². The molecule has 5 heterocycles. The van der Waals surface area contributed by atoms with Gasteiger partial charge in [-0.25, -0.2) is 9.97 Å². The molecule has 0 spiro atoms. The van der Waals surface area contributed by atoms with E-state index in [-0.39, 0.29) is 5.91 Å². The third kappa shape index (κ3) is 5.68. The van der Waals surface area contributed by atoms with E-state index in [2.05, 4.69) is 20.3 Å². The average Bonchev–Trinajstić information content (AvgIpc) is 3.54. The Morgan fingerprint density at radius 1 is 1.25 bits per heavy atom. The van der Waals surface area contributed by atoms with Crippen LogP contribution in [-0.4, -0.2) is 68.3 Å².